The Morgan fingerprint density at radius 1 is 1.37 bits per heavy atom. The predicted octanol–water partition coefficient (Wildman–Crippen LogP) is 3.34. The van der Waals surface area contributed by atoms with Crippen LogP contribution in [0.4, 0.5) is 5.00 Å². The van der Waals surface area contributed by atoms with Crippen molar-refractivity contribution in [3.63, 3.8) is 0 Å². The standard InChI is InChI=1S/C15H12N2OS/c1-9(18)17-15-13(8-16)12-7-6-10-4-2-3-5-11(10)14(12)19-15/h2-5H,6-7H2,1H3,(H,17,18). The highest BCUT2D eigenvalue weighted by Crippen LogP contribution is 2.44. The number of carbonyl (C=O) groups is 1. The second-order valence-electron chi connectivity index (χ2n) is 4.56. The molecular weight excluding hydrogens is 256 g/mol. The van der Waals surface area contributed by atoms with Gasteiger partial charge in [-0.15, -0.1) is 11.3 Å². The topological polar surface area (TPSA) is 52.9 Å². The molecule has 0 spiro atoms. The first kappa shape index (κ1) is 11.9. The highest BCUT2D eigenvalue weighted by molar-refractivity contribution is 7.20. The maximum atomic E-state index is 11.2. The molecule has 0 atom stereocenters. The minimum absolute atomic E-state index is 0.136. The largest absolute Gasteiger partial charge is 0.317 e. The van der Waals surface area contributed by atoms with E-state index in [4.69, 9.17) is 0 Å². The molecule has 1 aliphatic rings. The number of nitrogens with one attached hydrogen (secondary N) is 1. The molecule has 1 aromatic carbocycles. The average molecular weight is 268 g/mol. The number of hydrogen-bond donors (Lipinski definition) is 1. The van der Waals surface area contributed by atoms with Crippen LogP contribution in [0.2, 0.25) is 0 Å². The summed E-state index contributed by atoms with van der Waals surface area (Å²) in [5.74, 6) is -0.136. The third-order valence-electron chi connectivity index (χ3n) is 3.31. The molecule has 0 fully saturated rings. The van der Waals surface area contributed by atoms with Crippen LogP contribution in [0, 0.1) is 11.3 Å². The van der Waals surface area contributed by atoms with Crippen molar-refractivity contribution >= 4 is 22.2 Å². The average Bonchev–Trinajstić information content (AvgIpc) is 2.75. The SMILES string of the molecule is CC(=O)Nc1sc2c(c1C#N)CCc1ccccc1-2. The first-order chi connectivity index (χ1) is 9.20. The zero-order valence-corrected chi connectivity index (χ0v) is 11.3. The fraction of sp³-hybridized carbons (Fsp3) is 0.200. The van der Waals surface area contributed by atoms with E-state index in [1.54, 1.807) is 0 Å². The van der Waals surface area contributed by atoms with Crippen LogP contribution in [-0.2, 0) is 17.6 Å². The number of carbonyl (C=O) groups excluding carboxylic acids is 1. The van der Waals surface area contributed by atoms with Crippen molar-refractivity contribution in [2.75, 3.05) is 5.32 Å². The fourth-order valence-corrected chi connectivity index (χ4v) is 3.81. The number of hydrogen-bond acceptors (Lipinski definition) is 3. The number of amides is 1. The van der Waals surface area contributed by atoms with Crippen LogP contribution >= 0.6 is 11.3 Å². The highest BCUT2D eigenvalue weighted by atomic mass is 32.1. The molecule has 94 valence electrons. The fourth-order valence-electron chi connectivity index (χ4n) is 2.51. The molecule has 4 heteroatoms. The summed E-state index contributed by atoms with van der Waals surface area (Å²) in [7, 11) is 0. The van der Waals surface area contributed by atoms with Crippen LogP contribution in [0.3, 0.4) is 0 Å². The van der Waals surface area contributed by atoms with Gasteiger partial charge in [-0.05, 0) is 29.5 Å². The molecule has 0 aliphatic heterocycles. The molecule has 1 N–H and O–H groups in total. The maximum Gasteiger partial charge on any atom is 0.221 e. The zero-order chi connectivity index (χ0) is 13.4. The summed E-state index contributed by atoms with van der Waals surface area (Å²) in [5.41, 5.74) is 4.22. The Bertz CT molecular complexity index is 709. The van der Waals surface area contributed by atoms with Crippen molar-refractivity contribution in [1.29, 1.82) is 5.26 Å². The molecule has 3 nitrogen and oxygen atoms in total. The van der Waals surface area contributed by atoms with Crippen molar-refractivity contribution in [1.82, 2.24) is 0 Å². The van der Waals surface area contributed by atoms with E-state index in [1.165, 1.54) is 29.4 Å². The molecule has 2 aromatic rings. The van der Waals surface area contributed by atoms with Crippen LogP contribution < -0.4 is 5.32 Å². The van der Waals surface area contributed by atoms with Gasteiger partial charge < -0.3 is 5.32 Å². The Morgan fingerprint density at radius 3 is 2.89 bits per heavy atom. The molecule has 1 heterocycles. The van der Waals surface area contributed by atoms with Crippen molar-refractivity contribution in [2.45, 2.75) is 19.8 Å². The van der Waals surface area contributed by atoms with Crippen molar-refractivity contribution in [2.24, 2.45) is 0 Å². The van der Waals surface area contributed by atoms with E-state index >= 15 is 0 Å². The molecule has 1 aliphatic carbocycles. The Balaban J connectivity index is 2.19. The lowest BCUT2D eigenvalue weighted by Gasteiger charge is -2.15. The quantitative estimate of drug-likeness (QED) is 0.862. The van der Waals surface area contributed by atoms with Crippen LogP contribution in [0.1, 0.15) is 23.6 Å². The number of aryl methyl sites for hydroxylation is 1. The van der Waals surface area contributed by atoms with Gasteiger partial charge in [0, 0.05) is 11.8 Å². The Kier molecular flexibility index (Phi) is 2.84. The number of fused-ring (bicyclic) bond motifs is 3. The second-order valence-corrected chi connectivity index (χ2v) is 5.58. The van der Waals surface area contributed by atoms with Gasteiger partial charge in [-0.3, -0.25) is 4.79 Å². The monoisotopic (exact) mass is 268 g/mol. The lowest BCUT2D eigenvalue weighted by Crippen LogP contribution is -2.06. The van der Waals surface area contributed by atoms with Gasteiger partial charge in [0.15, 0.2) is 0 Å². The summed E-state index contributed by atoms with van der Waals surface area (Å²) in [6.45, 7) is 1.47. The number of rotatable bonds is 1. The van der Waals surface area contributed by atoms with E-state index in [1.807, 2.05) is 12.1 Å². The number of nitriles is 1. The summed E-state index contributed by atoms with van der Waals surface area (Å²) in [5, 5.41) is 12.8. The molecule has 3 rings (SSSR count). The normalized spacial score (nSPS) is 12.2. The smallest absolute Gasteiger partial charge is 0.221 e. The number of benzene rings is 1. The van der Waals surface area contributed by atoms with Crippen molar-refractivity contribution in [3.8, 4) is 16.5 Å². The van der Waals surface area contributed by atoms with E-state index < -0.39 is 0 Å². The minimum atomic E-state index is -0.136. The van der Waals surface area contributed by atoms with Crippen LogP contribution in [-0.4, -0.2) is 5.91 Å². The molecule has 1 aromatic heterocycles. The van der Waals surface area contributed by atoms with Gasteiger partial charge >= 0.3 is 0 Å². The van der Waals surface area contributed by atoms with Gasteiger partial charge in [0.05, 0.1) is 5.56 Å². The Morgan fingerprint density at radius 2 is 2.16 bits per heavy atom. The van der Waals surface area contributed by atoms with Gasteiger partial charge in [0.25, 0.3) is 0 Å². The zero-order valence-electron chi connectivity index (χ0n) is 10.5. The van der Waals surface area contributed by atoms with Gasteiger partial charge in [0.1, 0.15) is 11.1 Å². The molecule has 0 saturated heterocycles. The third kappa shape index (κ3) is 1.92. The third-order valence-corrected chi connectivity index (χ3v) is 4.50. The molecule has 0 saturated carbocycles. The summed E-state index contributed by atoms with van der Waals surface area (Å²) in [6, 6.07) is 10.5. The van der Waals surface area contributed by atoms with Crippen LogP contribution in [0.15, 0.2) is 24.3 Å². The molecular formula is C15H12N2OS. The number of anilines is 1. The second kappa shape index (κ2) is 4.52. The van der Waals surface area contributed by atoms with Gasteiger partial charge in [0.2, 0.25) is 5.91 Å². The van der Waals surface area contributed by atoms with Gasteiger partial charge in [-0.2, -0.15) is 5.26 Å². The molecule has 1 amide bonds. The van der Waals surface area contributed by atoms with E-state index in [0.717, 1.165) is 23.3 Å². The number of thiophene rings is 1. The first-order valence-corrected chi connectivity index (χ1v) is 6.94. The highest BCUT2D eigenvalue weighted by Gasteiger charge is 2.24. The van der Waals surface area contributed by atoms with Crippen LogP contribution in [0.25, 0.3) is 10.4 Å². The molecule has 0 radical (unpaired) electrons. The van der Waals surface area contributed by atoms with Gasteiger partial charge in [-0.25, -0.2) is 0 Å². The van der Waals surface area contributed by atoms with E-state index in [9.17, 15) is 10.1 Å². The minimum Gasteiger partial charge on any atom is -0.317 e. The van der Waals surface area contributed by atoms with E-state index in [2.05, 4.69) is 23.5 Å². The maximum absolute atomic E-state index is 11.2. The summed E-state index contributed by atoms with van der Waals surface area (Å²) < 4.78 is 0. The summed E-state index contributed by atoms with van der Waals surface area (Å²) >= 11 is 1.50. The summed E-state index contributed by atoms with van der Waals surface area (Å²) in [6.07, 6.45) is 1.82. The van der Waals surface area contributed by atoms with E-state index in [-0.39, 0.29) is 5.91 Å². The first-order valence-electron chi connectivity index (χ1n) is 6.12. The summed E-state index contributed by atoms with van der Waals surface area (Å²) in [4.78, 5) is 12.4. The van der Waals surface area contributed by atoms with Crippen molar-refractivity contribution < 1.29 is 4.79 Å². The van der Waals surface area contributed by atoms with Crippen molar-refractivity contribution in [3.05, 3.63) is 41.0 Å². The lowest BCUT2D eigenvalue weighted by atomic mass is 9.90. The van der Waals surface area contributed by atoms with E-state index in [0.29, 0.717) is 10.6 Å². The predicted molar refractivity (Wildman–Crippen MR) is 76.2 cm³/mol. The molecule has 19 heavy (non-hydrogen) atoms. The lowest BCUT2D eigenvalue weighted by molar-refractivity contribution is -0.114. The Hall–Kier alpha value is -2.12. The molecule has 0 bridgehead atoms. The Labute approximate surface area is 115 Å². The van der Waals surface area contributed by atoms with Gasteiger partial charge in [-0.1, -0.05) is 24.3 Å². The molecule has 0 unspecified atom stereocenters. The number of nitrogens with zero attached hydrogens (tertiary/aromatic N) is 1. The van der Waals surface area contributed by atoms with Crippen LogP contribution in [0.5, 0.6) is 0 Å².